The monoisotopic (exact) mass is 290 g/mol. The van der Waals surface area contributed by atoms with Gasteiger partial charge in [0.25, 0.3) is 0 Å². The number of nitrogens with one attached hydrogen (secondary N) is 1. The van der Waals surface area contributed by atoms with Crippen molar-refractivity contribution in [3.63, 3.8) is 0 Å². The van der Waals surface area contributed by atoms with Crippen molar-refractivity contribution < 1.29 is 0 Å². The predicted molar refractivity (Wildman–Crippen MR) is 88.3 cm³/mol. The minimum atomic E-state index is 0.665. The van der Waals surface area contributed by atoms with E-state index >= 15 is 0 Å². The molecule has 5 aliphatic rings. The second-order valence-corrected chi connectivity index (χ2v) is 9.30. The van der Waals surface area contributed by atoms with E-state index in [1.165, 1.54) is 38.8 Å². The van der Waals surface area contributed by atoms with Gasteiger partial charge in [0.15, 0.2) is 0 Å². The maximum atomic E-state index is 4.12. The zero-order valence-corrected chi connectivity index (χ0v) is 14.3. The molecular formula is C19H34N2. The molecule has 1 N–H and O–H groups in total. The lowest BCUT2D eigenvalue weighted by Crippen LogP contribution is -2.58. The van der Waals surface area contributed by atoms with Crippen LogP contribution in [0.4, 0.5) is 0 Å². The highest BCUT2D eigenvalue weighted by atomic mass is 15.1. The molecule has 2 nitrogen and oxygen atoms in total. The zero-order valence-electron chi connectivity index (χ0n) is 14.3. The van der Waals surface area contributed by atoms with Crippen LogP contribution in [0.2, 0.25) is 0 Å². The largest absolute Gasteiger partial charge is 0.311 e. The van der Waals surface area contributed by atoms with Crippen molar-refractivity contribution in [2.24, 2.45) is 29.1 Å². The summed E-state index contributed by atoms with van der Waals surface area (Å²) in [5, 5.41) is 4.12. The summed E-state index contributed by atoms with van der Waals surface area (Å²) in [6, 6.07) is 1.49. The Kier molecular flexibility index (Phi) is 3.61. The van der Waals surface area contributed by atoms with Crippen LogP contribution in [-0.2, 0) is 0 Å². The highest BCUT2D eigenvalue weighted by molar-refractivity contribution is 5.05. The van der Waals surface area contributed by atoms with Gasteiger partial charge in [-0.05, 0) is 94.5 Å². The van der Waals surface area contributed by atoms with Crippen molar-refractivity contribution in [3.05, 3.63) is 0 Å². The van der Waals surface area contributed by atoms with Crippen molar-refractivity contribution in [2.45, 2.75) is 70.9 Å². The standard InChI is InChI=1S/C19H34N2/c1-13-12-21(3)5-4-18(13)20-14(2)19-9-15-6-16(10-19)8-17(7-15)11-19/h13-18,20H,4-12H2,1-3H3. The molecule has 1 saturated heterocycles. The number of piperidine rings is 1. The summed E-state index contributed by atoms with van der Waals surface area (Å²) in [7, 11) is 2.27. The van der Waals surface area contributed by atoms with Gasteiger partial charge in [0.1, 0.15) is 0 Å². The molecule has 0 aromatic carbocycles. The SMILES string of the molecule is CC1CN(C)CCC1NC(C)C12CC3CC(CC(C3)C1)C2. The van der Waals surface area contributed by atoms with Crippen LogP contribution >= 0.6 is 0 Å². The molecule has 1 heterocycles. The number of rotatable bonds is 3. The smallest absolute Gasteiger partial charge is 0.0120 e. The Balaban J connectivity index is 1.44. The first-order chi connectivity index (χ1) is 10.0. The third-order valence-electron chi connectivity index (χ3n) is 7.58. The van der Waals surface area contributed by atoms with Crippen LogP contribution in [0.1, 0.15) is 58.8 Å². The molecule has 0 aromatic heterocycles. The molecule has 2 heteroatoms. The predicted octanol–water partition coefficient (Wildman–Crippen LogP) is 3.52. The molecule has 4 bridgehead atoms. The number of nitrogens with zero attached hydrogens (tertiary/aromatic N) is 1. The molecule has 1 aliphatic heterocycles. The van der Waals surface area contributed by atoms with Gasteiger partial charge in [-0.15, -0.1) is 0 Å². The Labute approximate surface area is 131 Å². The van der Waals surface area contributed by atoms with Gasteiger partial charge in [0.05, 0.1) is 0 Å². The highest BCUT2D eigenvalue weighted by Crippen LogP contribution is 2.61. The maximum Gasteiger partial charge on any atom is 0.0120 e. The summed E-state index contributed by atoms with van der Waals surface area (Å²) < 4.78 is 0. The van der Waals surface area contributed by atoms with Crippen molar-refractivity contribution in [2.75, 3.05) is 20.1 Å². The Bertz CT molecular complexity index is 356. The molecule has 0 aromatic rings. The molecule has 0 amide bonds. The van der Waals surface area contributed by atoms with Crippen molar-refractivity contribution in [3.8, 4) is 0 Å². The van der Waals surface area contributed by atoms with Crippen LogP contribution in [0.25, 0.3) is 0 Å². The van der Waals surface area contributed by atoms with Gasteiger partial charge in [0.2, 0.25) is 0 Å². The van der Waals surface area contributed by atoms with Crippen molar-refractivity contribution in [1.29, 1.82) is 0 Å². The van der Waals surface area contributed by atoms with Gasteiger partial charge < -0.3 is 10.2 Å². The van der Waals surface area contributed by atoms with E-state index in [-0.39, 0.29) is 0 Å². The highest BCUT2D eigenvalue weighted by Gasteiger charge is 2.53. The van der Waals surface area contributed by atoms with Crippen molar-refractivity contribution >= 4 is 0 Å². The fraction of sp³-hybridized carbons (Fsp3) is 1.00. The summed E-state index contributed by atoms with van der Waals surface area (Å²) in [5.74, 6) is 4.04. The van der Waals surface area contributed by atoms with Gasteiger partial charge in [-0.25, -0.2) is 0 Å². The second kappa shape index (κ2) is 5.23. The van der Waals surface area contributed by atoms with E-state index in [1.807, 2.05) is 0 Å². The summed E-state index contributed by atoms with van der Waals surface area (Å²) in [5.41, 5.74) is 0.665. The summed E-state index contributed by atoms with van der Waals surface area (Å²) >= 11 is 0. The molecule has 21 heavy (non-hydrogen) atoms. The lowest BCUT2D eigenvalue weighted by atomic mass is 9.48. The normalized spacial score (nSPS) is 51.3. The van der Waals surface area contributed by atoms with E-state index in [4.69, 9.17) is 0 Å². The third kappa shape index (κ3) is 2.57. The van der Waals surface area contributed by atoms with Crippen LogP contribution in [0.15, 0.2) is 0 Å². The Morgan fingerprint density at radius 3 is 2.14 bits per heavy atom. The second-order valence-electron chi connectivity index (χ2n) is 9.30. The Morgan fingerprint density at radius 1 is 1.05 bits per heavy atom. The molecule has 3 atom stereocenters. The average molecular weight is 290 g/mol. The van der Waals surface area contributed by atoms with Crippen LogP contribution in [0, 0.1) is 29.1 Å². The molecule has 0 radical (unpaired) electrons. The van der Waals surface area contributed by atoms with Crippen LogP contribution in [-0.4, -0.2) is 37.1 Å². The molecule has 5 fully saturated rings. The Morgan fingerprint density at radius 2 is 1.62 bits per heavy atom. The van der Waals surface area contributed by atoms with E-state index in [2.05, 4.69) is 31.1 Å². The molecule has 4 saturated carbocycles. The third-order valence-corrected chi connectivity index (χ3v) is 7.58. The molecular weight excluding hydrogens is 256 g/mol. The fourth-order valence-electron chi connectivity index (χ4n) is 6.81. The van der Waals surface area contributed by atoms with E-state index in [0.717, 1.165) is 35.8 Å². The number of likely N-dealkylation sites (tertiary alicyclic amines) is 1. The zero-order chi connectivity index (χ0) is 14.6. The van der Waals surface area contributed by atoms with Gasteiger partial charge in [-0.3, -0.25) is 0 Å². The van der Waals surface area contributed by atoms with E-state index < -0.39 is 0 Å². The molecule has 3 unspecified atom stereocenters. The fourth-order valence-corrected chi connectivity index (χ4v) is 6.81. The first-order valence-electron chi connectivity index (χ1n) is 9.49. The summed E-state index contributed by atoms with van der Waals surface area (Å²) in [4.78, 5) is 2.50. The molecule has 4 aliphatic carbocycles. The quantitative estimate of drug-likeness (QED) is 0.855. The first-order valence-corrected chi connectivity index (χ1v) is 9.49. The molecule has 5 rings (SSSR count). The molecule has 120 valence electrons. The van der Waals surface area contributed by atoms with Crippen LogP contribution < -0.4 is 5.32 Å². The van der Waals surface area contributed by atoms with Crippen LogP contribution in [0.3, 0.4) is 0 Å². The minimum absolute atomic E-state index is 0.665. The minimum Gasteiger partial charge on any atom is -0.311 e. The van der Waals surface area contributed by atoms with Crippen LogP contribution in [0.5, 0.6) is 0 Å². The van der Waals surface area contributed by atoms with Gasteiger partial charge in [-0.2, -0.15) is 0 Å². The topological polar surface area (TPSA) is 15.3 Å². The number of hydrogen-bond donors (Lipinski definition) is 1. The van der Waals surface area contributed by atoms with E-state index in [9.17, 15) is 0 Å². The van der Waals surface area contributed by atoms with E-state index in [1.54, 1.807) is 19.3 Å². The lowest BCUT2D eigenvalue weighted by molar-refractivity contribution is -0.0742. The summed E-state index contributed by atoms with van der Waals surface area (Å²) in [6.45, 7) is 7.51. The first kappa shape index (κ1) is 14.5. The van der Waals surface area contributed by atoms with Gasteiger partial charge in [0, 0.05) is 18.6 Å². The average Bonchev–Trinajstić information content (AvgIpc) is 2.40. The Hall–Kier alpha value is -0.0800. The lowest BCUT2D eigenvalue weighted by Gasteiger charge is -2.59. The summed E-state index contributed by atoms with van der Waals surface area (Å²) in [6.07, 6.45) is 10.6. The number of hydrogen-bond acceptors (Lipinski definition) is 2. The molecule has 0 spiro atoms. The van der Waals surface area contributed by atoms with Gasteiger partial charge >= 0.3 is 0 Å². The van der Waals surface area contributed by atoms with Gasteiger partial charge in [-0.1, -0.05) is 6.92 Å². The maximum absolute atomic E-state index is 4.12. The van der Waals surface area contributed by atoms with E-state index in [0.29, 0.717) is 5.41 Å². The van der Waals surface area contributed by atoms with Crippen molar-refractivity contribution in [1.82, 2.24) is 10.2 Å².